The summed E-state index contributed by atoms with van der Waals surface area (Å²) < 4.78 is 11.3. The van der Waals surface area contributed by atoms with Gasteiger partial charge in [0.15, 0.2) is 0 Å². The summed E-state index contributed by atoms with van der Waals surface area (Å²) in [5, 5.41) is 5.50. The standard InChI is InChI=1S/C25H24BrN3O5/c1-16(33-25(32)28-14-12-18-7-3-4-9-23(18)34-17(2)30)19-10-11-21(20(26)15-19)29-24(31)22-8-5-6-13-27-22/h3-11,13,15-16H,12,14H2,1-2H3,(H,28,32)(H,29,31). The number of nitrogens with zero attached hydrogens (tertiary/aromatic N) is 1. The van der Waals surface area contributed by atoms with E-state index in [4.69, 9.17) is 9.47 Å². The molecule has 3 aromatic rings. The van der Waals surface area contributed by atoms with Crippen LogP contribution in [0.2, 0.25) is 0 Å². The van der Waals surface area contributed by atoms with Crippen LogP contribution in [0.1, 0.15) is 41.6 Å². The van der Waals surface area contributed by atoms with E-state index in [-0.39, 0.29) is 5.91 Å². The number of hydrogen-bond acceptors (Lipinski definition) is 6. The highest BCUT2D eigenvalue weighted by molar-refractivity contribution is 9.10. The molecule has 1 heterocycles. The van der Waals surface area contributed by atoms with Gasteiger partial charge < -0.3 is 20.1 Å². The number of esters is 1. The molecule has 176 valence electrons. The van der Waals surface area contributed by atoms with Gasteiger partial charge in [-0.1, -0.05) is 30.3 Å². The van der Waals surface area contributed by atoms with Crippen LogP contribution in [0.3, 0.4) is 0 Å². The summed E-state index contributed by atoms with van der Waals surface area (Å²) in [6.45, 7) is 3.41. The largest absolute Gasteiger partial charge is 0.442 e. The molecule has 0 spiro atoms. The van der Waals surface area contributed by atoms with E-state index in [1.807, 2.05) is 12.1 Å². The van der Waals surface area contributed by atoms with Crippen LogP contribution in [0.5, 0.6) is 5.75 Å². The van der Waals surface area contributed by atoms with Crippen LogP contribution in [-0.2, 0) is 16.0 Å². The maximum atomic E-state index is 12.3. The number of benzene rings is 2. The Morgan fingerprint density at radius 2 is 1.82 bits per heavy atom. The second-order valence-corrected chi connectivity index (χ2v) is 8.19. The second-order valence-electron chi connectivity index (χ2n) is 7.33. The number of nitrogens with one attached hydrogen (secondary N) is 2. The number of ether oxygens (including phenoxy) is 2. The van der Waals surface area contributed by atoms with Gasteiger partial charge in [-0.15, -0.1) is 0 Å². The number of rotatable bonds is 8. The van der Waals surface area contributed by atoms with Gasteiger partial charge in [0.1, 0.15) is 17.5 Å². The van der Waals surface area contributed by atoms with Gasteiger partial charge in [0.05, 0.1) is 5.69 Å². The number of hydrogen-bond donors (Lipinski definition) is 2. The third-order valence-electron chi connectivity index (χ3n) is 4.78. The lowest BCUT2D eigenvalue weighted by atomic mass is 10.1. The number of pyridine rings is 1. The predicted molar refractivity (Wildman–Crippen MR) is 131 cm³/mol. The smallest absolute Gasteiger partial charge is 0.407 e. The van der Waals surface area contributed by atoms with Crippen LogP contribution >= 0.6 is 15.9 Å². The summed E-state index contributed by atoms with van der Waals surface area (Å²) in [6, 6.07) is 17.5. The number of aromatic nitrogens is 1. The van der Waals surface area contributed by atoms with Crippen molar-refractivity contribution >= 4 is 39.6 Å². The zero-order valence-electron chi connectivity index (χ0n) is 18.7. The minimum atomic E-state index is -0.568. The van der Waals surface area contributed by atoms with Crippen molar-refractivity contribution in [3.05, 3.63) is 88.2 Å². The van der Waals surface area contributed by atoms with E-state index in [2.05, 4.69) is 31.5 Å². The first-order valence-corrected chi connectivity index (χ1v) is 11.4. The third kappa shape index (κ3) is 7.14. The molecule has 2 aromatic carbocycles. The maximum absolute atomic E-state index is 12.3. The number of halogens is 1. The fourth-order valence-electron chi connectivity index (χ4n) is 3.10. The fraction of sp³-hybridized carbons (Fsp3) is 0.200. The summed E-state index contributed by atoms with van der Waals surface area (Å²) in [7, 11) is 0. The molecule has 0 bridgehead atoms. The summed E-state index contributed by atoms with van der Waals surface area (Å²) in [6.07, 6.45) is 0.935. The quantitative estimate of drug-likeness (QED) is 0.314. The number of anilines is 1. The third-order valence-corrected chi connectivity index (χ3v) is 5.44. The van der Waals surface area contributed by atoms with Gasteiger partial charge >= 0.3 is 12.1 Å². The maximum Gasteiger partial charge on any atom is 0.407 e. The Hall–Kier alpha value is -3.72. The first-order valence-electron chi connectivity index (χ1n) is 10.6. The molecule has 1 atom stereocenters. The summed E-state index contributed by atoms with van der Waals surface area (Å²) in [5.41, 5.74) is 2.43. The molecule has 2 amide bonds. The molecule has 0 aliphatic carbocycles. The molecular weight excluding hydrogens is 502 g/mol. The van der Waals surface area contributed by atoms with E-state index >= 15 is 0 Å². The van der Waals surface area contributed by atoms with Gasteiger partial charge in [0.2, 0.25) is 0 Å². The van der Waals surface area contributed by atoms with Gasteiger partial charge in [-0.2, -0.15) is 0 Å². The Bertz CT molecular complexity index is 1170. The molecule has 0 aliphatic heterocycles. The molecule has 1 aromatic heterocycles. The van der Waals surface area contributed by atoms with E-state index < -0.39 is 18.2 Å². The normalized spacial score (nSPS) is 11.3. The van der Waals surface area contributed by atoms with Crippen LogP contribution in [-0.4, -0.2) is 29.5 Å². The van der Waals surface area contributed by atoms with Gasteiger partial charge in [-0.05, 0) is 70.7 Å². The predicted octanol–water partition coefficient (Wildman–Crippen LogP) is 5.05. The van der Waals surface area contributed by atoms with Crippen molar-refractivity contribution < 1.29 is 23.9 Å². The first kappa shape index (κ1) is 24.9. The highest BCUT2D eigenvalue weighted by atomic mass is 79.9. The van der Waals surface area contributed by atoms with Crippen LogP contribution in [0.4, 0.5) is 10.5 Å². The zero-order valence-corrected chi connectivity index (χ0v) is 20.3. The average molecular weight is 526 g/mol. The summed E-state index contributed by atoms with van der Waals surface area (Å²) in [5.74, 6) is -0.256. The van der Waals surface area contributed by atoms with Crippen LogP contribution < -0.4 is 15.4 Å². The molecule has 0 saturated heterocycles. The summed E-state index contributed by atoms with van der Waals surface area (Å²) in [4.78, 5) is 39.8. The lowest BCUT2D eigenvalue weighted by Crippen LogP contribution is -2.27. The monoisotopic (exact) mass is 525 g/mol. The highest BCUT2D eigenvalue weighted by Gasteiger charge is 2.15. The number of carbonyl (C=O) groups is 3. The minimum Gasteiger partial charge on any atom is -0.442 e. The topological polar surface area (TPSA) is 107 Å². The van der Waals surface area contributed by atoms with Crippen LogP contribution in [0.15, 0.2) is 71.3 Å². The fourth-order valence-corrected chi connectivity index (χ4v) is 3.60. The first-order chi connectivity index (χ1) is 16.3. The van der Waals surface area contributed by atoms with E-state index in [0.717, 1.165) is 11.1 Å². The zero-order chi connectivity index (χ0) is 24.5. The average Bonchev–Trinajstić information content (AvgIpc) is 2.81. The molecule has 2 N–H and O–H groups in total. The Morgan fingerprint density at radius 3 is 2.53 bits per heavy atom. The van der Waals surface area contributed by atoms with Crippen molar-refractivity contribution in [2.45, 2.75) is 26.4 Å². The molecule has 0 saturated carbocycles. The van der Waals surface area contributed by atoms with Crippen LogP contribution in [0.25, 0.3) is 0 Å². The van der Waals surface area contributed by atoms with Crippen molar-refractivity contribution in [1.29, 1.82) is 0 Å². The highest BCUT2D eigenvalue weighted by Crippen LogP contribution is 2.28. The molecular formula is C25H24BrN3O5. The van der Waals surface area contributed by atoms with E-state index in [9.17, 15) is 14.4 Å². The van der Waals surface area contributed by atoms with Crippen molar-refractivity contribution in [3.8, 4) is 5.75 Å². The molecule has 8 nitrogen and oxygen atoms in total. The Kier molecular flexibility index (Phi) is 8.75. The van der Waals surface area contributed by atoms with Gasteiger partial charge in [0.25, 0.3) is 5.91 Å². The van der Waals surface area contributed by atoms with Crippen molar-refractivity contribution in [2.75, 3.05) is 11.9 Å². The Morgan fingerprint density at radius 1 is 1.06 bits per heavy atom. The van der Waals surface area contributed by atoms with Crippen molar-refractivity contribution in [1.82, 2.24) is 10.3 Å². The molecule has 34 heavy (non-hydrogen) atoms. The number of alkyl carbamates (subject to hydrolysis) is 1. The van der Waals surface area contributed by atoms with E-state index in [0.29, 0.717) is 34.6 Å². The number of para-hydroxylation sites is 1. The molecule has 3 rings (SSSR count). The van der Waals surface area contributed by atoms with Gasteiger partial charge in [0, 0.05) is 24.1 Å². The Balaban J connectivity index is 1.52. The van der Waals surface area contributed by atoms with Crippen LogP contribution in [0, 0.1) is 0 Å². The SMILES string of the molecule is CC(=O)Oc1ccccc1CCNC(=O)OC(C)c1ccc(NC(=O)c2ccccn2)c(Br)c1. The molecule has 0 radical (unpaired) electrons. The number of amides is 2. The molecule has 0 fully saturated rings. The summed E-state index contributed by atoms with van der Waals surface area (Å²) >= 11 is 3.45. The van der Waals surface area contributed by atoms with E-state index in [1.165, 1.54) is 6.92 Å². The minimum absolute atomic E-state index is 0.308. The van der Waals surface area contributed by atoms with Crippen molar-refractivity contribution in [2.24, 2.45) is 0 Å². The van der Waals surface area contributed by atoms with Crippen molar-refractivity contribution in [3.63, 3.8) is 0 Å². The molecule has 9 heteroatoms. The molecule has 0 aliphatic rings. The lowest BCUT2D eigenvalue weighted by Gasteiger charge is -2.16. The Labute approximate surface area is 205 Å². The van der Waals surface area contributed by atoms with Gasteiger partial charge in [-0.25, -0.2) is 4.79 Å². The lowest BCUT2D eigenvalue weighted by molar-refractivity contribution is -0.131. The van der Waals surface area contributed by atoms with E-state index in [1.54, 1.807) is 61.7 Å². The second kappa shape index (κ2) is 11.9. The molecule has 1 unspecified atom stereocenters. The van der Waals surface area contributed by atoms with Gasteiger partial charge in [-0.3, -0.25) is 14.6 Å². The number of carbonyl (C=O) groups excluding carboxylic acids is 3.